The minimum Gasteiger partial charge on any atom is -0.394 e. The van der Waals surface area contributed by atoms with E-state index in [0.717, 1.165) is 18.4 Å². The number of amides is 2. The number of nitrogens with zero attached hydrogens (tertiary/aromatic N) is 1. The molecule has 20 heavy (non-hydrogen) atoms. The summed E-state index contributed by atoms with van der Waals surface area (Å²) in [6.07, 6.45) is 1.81. The predicted octanol–water partition coefficient (Wildman–Crippen LogP) is 0.920. The summed E-state index contributed by atoms with van der Waals surface area (Å²) in [4.78, 5) is 24.9. The van der Waals surface area contributed by atoms with E-state index in [1.54, 1.807) is 17.0 Å². The smallest absolute Gasteiger partial charge is 0.254 e. The van der Waals surface area contributed by atoms with Crippen molar-refractivity contribution in [1.29, 1.82) is 0 Å². The Balaban J connectivity index is 2.02. The minimum atomic E-state index is -0.0759. The fourth-order valence-corrected chi connectivity index (χ4v) is 2.45. The van der Waals surface area contributed by atoms with Crippen molar-refractivity contribution in [1.82, 2.24) is 10.2 Å². The number of likely N-dealkylation sites (tertiary alicyclic amines) is 1. The lowest BCUT2D eigenvalue weighted by molar-refractivity contribution is -0.119. The molecule has 1 aromatic carbocycles. The van der Waals surface area contributed by atoms with Crippen molar-refractivity contribution >= 4 is 11.8 Å². The Hall–Kier alpha value is -1.88. The van der Waals surface area contributed by atoms with Crippen LogP contribution in [0.2, 0.25) is 0 Å². The van der Waals surface area contributed by atoms with E-state index in [2.05, 4.69) is 5.32 Å². The molecular formula is C15H20N2O3. The maximum Gasteiger partial charge on any atom is 0.254 e. The maximum absolute atomic E-state index is 12.3. The van der Waals surface area contributed by atoms with Gasteiger partial charge in [0.15, 0.2) is 0 Å². The van der Waals surface area contributed by atoms with Crippen molar-refractivity contribution < 1.29 is 14.7 Å². The lowest BCUT2D eigenvalue weighted by Gasteiger charge is -2.23. The molecule has 0 radical (unpaired) electrons. The van der Waals surface area contributed by atoms with Gasteiger partial charge in [-0.1, -0.05) is 12.1 Å². The number of benzene rings is 1. The Morgan fingerprint density at radius 3 is 2.65 bits per heavy atom. The fourth-order valence-electron chi connectivity index (χ4n) is 2.45. The molecule has 1 atom stereocenters. The first-order valence-electron chi connectivity index (χ1n) is 6.87. The summed E-state index contributed by atoms with van der Waals surface area (Å²) >= 11 is 0. The summed E-state index contributed by atoms with van der Waals surface area (Å²) in [5.41, 5.74) is 1.58. The molecule has 1 aliphatic heterocycles. The largest absolute Gasteiger partial charge is 0.394 e. The lowest BCUT2D eigenvalue weighted by atomic mass is 10.1. The third kappa shape index (κ3) is 3.36. The molecule has 1 unspecified atom stereocenters. The van der Waals surface area contributed by atoms with Gasteiger partial charge in [-0.05, 0) is 30.5 Å². The van der Waals surface area contributed by atoms with Crippen molar-refractivity contribution in [3.8, 4) is 0 Å². The van der Waals surface area contributed by atoms with Crippen LogP contribution in [0.5, 0.6) is 0 Å². The van der Waals surface area contributed by atoms with E-state index in [1.807, 2.05) is 12.1 Å². The molecular weight excluding hydrogens is 256 g/mol. The molecule has 0 saturated carbocycles. The highest BCUT2D eigenvalue weighted by molar-refractivity contribution is 5.94. The number of carbonyl (C=O) groups is 2. The molecule has 5 heteroatoms. The summed E-state index contributed by atoms with van der Waals surface area (Å²) in [7, 11) is 0. The summed E-state index contributed by atoms with van der Waals surface area (Å²) in [5.74, 6) is -0.111. The van der Waals surface area contributed by atoms with Gasteiger partial charge in [0.25, 0.3) is 5.91 Å². The van der Waals surface area contributed by atoms with Gasteiger partial charge in [-0.2, -0.15) is 0 Å². The average Bonchev–Trinajstić information content (AvgIpc) is 2.93. The molecule has 2 N–H and O–H groups in total. The zero-order chi connectivity index (χ0) is 14.5. The van der Waals surface area contributed by atoms with Gasteiger partial charge in [-0.3, -0.25) is 9.59 Å². The van der Waals surface area contributed by atoms with E-state index >= 15 is 0 Å². The maximum atomic E-state index is 12.3. The van der Waals surface area contributed by atoms with Crippen molar-refractivity contribution in [2.75, 3.05) is 13.2 Å². The number of aliphatic hydroxyl groups excluding tert-OH is 1. The topological polar surface area (TPSA) is 69.6 Å². The molecule has 0 aliphatic carbocycles. The molecule has 108 valence electrons. The summed E-state index contributed by atoms with van der Waals surface area (Å²) in [5, 5.41) is 12.0. The SMILES string of the molecule is CC(=O)NCc1ccc(C(=O)N2CCCC2CO)cc1. The van der Waals surface area contributed by atoms with Crippen molar-refractivity contribution in [2.45, 2.75) is 32.4 Å². The van der Waals surface area contributed by atoms with E-state index in [1.165, 1.54) is 6.92 Å². The molecule has 0 aromatic heterocycles. The van der Waals surface area contributed by atoms with Gasteiger partial charge >= 0.3 is 0 Å². The van der Waals surface area contributed by atoms with Crippen LogP contribution in [-0.4, -0.2) is 41.0 Å². The van der Waals surface area contributed by atoms with Crippen molar-refractivity contribution in [3.63, 3.8) is 0 Å². The van der Waals surface area contributed by atoms with Crippen LogP contribution in [0.3, 0.4) is 0 Å². The Morgan fingerprint density at radius 1 is 1.35 bits per heavy atom. The summed E-state index contributed by atoms with van der Waals surface area (Å²) in [6.45, 7) is 2.66. The minimum absolute atomic E-state index is 0.0202. The number of hydrogen-bond donors (Lipinski definition) is 2. The Morgan fingerprint density at radius 2 is 2.05 bits per heavy atom. The molecule has 0 bridgehead atoms. The highest BCUT2D eigenvalue weighted by atomic mass is 16.3. The second-order valence-electron chi connectivity index (χ2n) is 5.08. The monoisotopic (exact) mass is 276 g/mol. The molecule has 1 fully saturated rings. The normalized spacial score (nSPS) is 18.1. The van der Waals surface area contributed by atoms with Gasteiger partial charge in [0.1, 0.15) is 0 Å². The van der Waals surface area contributed by atoms with Gasteiger partial charge in [0.05, 0.1) is 12.6 Å². The van der Waals surface area contributed by atoms with Gasteiger partial charge in [0, 0.05) is 25.6 Å². The van der Waals surface area contributed by atoms with Gasteiger partial charge < -0.3 is 15.3 Å². The predicted molar refractivity (Wildman–Crippen MR) is 75.1 cm³/mol. The van der Waals surface area contributed by atoms with Gasteiger partial charge in [0.2, 0.25) is 5.91 Å². The third-order valence-corrected chi connectivity index (χ3v) is 3.59. The second kappa shape index (κ2) is 6.52. The quantitative estimate of drug-likeness (QED) is 0.859. The molecule has 5 nitrogen and oxygen atoms in total. The number of carbonyl (C=O) groups excluding carboxylic acids is 2. The Bertz CT molecular complexity index is 484. The van der Waals surface area contributed by atoms with E-state index in [-0.39, 0.29) is 24.5 Å². The van der Waals surface area contributed by atoms with Crippen LogP contribution in [-0.2, 0) is 11.3 Å². The molecule has 0 spiro atoms. The third-order valence-electron chi connectivity index (χ3n) is 3.59. The standard InChI is InChI=1S/C15H20N2O3/c1-11(19)16-9-12-4-6-13(7-5-12)15(20)17-8-2-3-14(17)10-18/h4-7,14,18H,2-3,8-10H2,1H3,(H,16,19). The molecule has 1 heterocycles. The van der Waals surface area contributed by atoms with Crippen molar-refractivity contribution in [2.24, 2.45) is 0 Å². The van der Waals surface area contributed by atoms with Crippen LogP contribution in [0.1, 0.15) is 35.7 Å². The fraction of sp³-hybridized carbons (Fsp3) is 0.467. The van der Waals surface area contributed by atoms with Gasteiger partial charge in [-0.15, -0.1) is 0 Å². The van der Waals surface area contributed by atoms with Crippen LogP contribution < -0.4 is 5.32 Å². The van der Waals surface area contributed by atoms with Crippen LogP contribution in [0.15, 0.2) is 24.3 Å². The lowest BCUT2D eigenvalue weighted by Crippen LogP contribution is -2.37. The van der Waals surface area contributed by atoms with Crippen molar-refractivity contribution in [3.05, 3.63) is 35.4 Å². The van der Waals surface area contributed by atoms with Crippen LogP contribution >= 0.6 is 0 Å². The van der Waals surface area contributed by atoms with E-state index in [9.17, 15) is 14.7 Å². The molecule has 2 rings (SSSR count). The number of nitrogens with one attached hydrogen (secondary N) is 1. The first-order chi connectivity index (χ1) is 9.61. The van der Waals surface area contributed by atoms with E-state index in [4.69, 9.17) is 0 Å². The van der Waals surface area contributed by atoms with E-state index in [0.29, 0.717) is 18.7 Å². The average molecular weight is 276 g/mol. The summed E-state index contributed by atoms with van der Waals surface area (Å²) in [6, 6.07) is 7.17. The number of aliphatic hydroxyl groups is 1. The van der Waals surface area contributed by atoms with Crippen LogP contribution in [0.4, 0.5) is 0 Å². The van der Waals surface area contributed by atoms with E-state index < -0.39 is 0 Å². The number of hydrogen-bond acceptors (Lipinski definition) is 3. The van der Waals surface area contributed by atoms with Gasteiger partial charge in [-0.25, -0.2) is 0 Å². The summed E-state index contributed by atoms with van der Waals surface area (Å²) < 4.78 is 0. The molecule has 2 amide bonds. The van der Waals surface area contributed by atoms with Crippen LogP contribution in [0.25, 0.3) is 0 Å². The molecule has 1 aliphatic rings. The first kappa shape index (κ1) is 14.5. The zero-order valence-electron chi connectivity index (χ0n) is 11.6. The zero-order valence-corrected chi connectivity index (χ0v) is 11.6. The highest BCUT2D eigenvalue weighted by Gasteiger charge is 2.28. The second-order valence-corrected chi connectivity index (χ2v) is 5.08. The Kier molecular flexibility index (Phi) is 4.74. The Labute approximate surface area is 118 Å². The number of rotatable bonds is 4. The molecule has 1 saturated heterocycles. The first-order valence-corrected chi connectivity index (χ1v) is 6.87. The van der Waals surface area contributed by atoms with Crippen LogP contribution in [0, 0.1) is 0 Å². The highest BCUT2D eigenvalue weighted by Crippen LogP contribution is 2.19. The molecule has 1 aromatic rings.